The topological polar surface area (TPSA) is 92.6 Å². The standard InChI is InChI=1S/C21H22FN5O3.C2H6/c1-4-30-20(29)13-9-24-27-6-5-15(25-18(13)27)26-10-14-16(21(14,2)3)17(26)12-7-11(22)8-23-19(12)28;1-2/h5-9,14,16-17H,4,10H2,1-3H3,(H,23,28);1-2H3. The molecule has 2 aliphatic rings. The summed E-state index contributed by atoms with van der Waals surface area (Å²) < 4.78 is 20.6. The number of pyridine rings is 1. The van der Waals surface area contributed by atoms with Gasteiger partial charge in [0.05, 0.1) is 18.8 Å². The van der Waals surface area contributed by atoms with E-state index < -0.39 is 11.8 Å². The summed E-state index contributed by atoms with van der Waals surface area (Å²) in [4.78, 5) is 34.0. The van der Waals surface area contributed by atoms with Crippen LogP contribution in [0.3, 0.4) is 0 Å². The van der Waals surface area contributed by atoms with E-state index in [2.05, 4.69) is 28.9 Å². The summed E-state index contributed by atoms with van der Waals surface area (Å²) in [5, 5.41) is 4.17. The van der Waals surface area contributed by atoms with Gasteiger partial charge in [-0.15, -0.1) is 0 Å². The van der Waals surface area contributed by atoms with E-state index in [0.717, 1.165) is 6.20 Å². The molecule has 8 nitrogen and oxygen atoms in total. The van der Waals surface area contributed by atoms with Crippen LogP contribution in [0, 0.1) is 23.1 Å². The Morgan fingerprint density at radius 3 is 2.84 bits per heavy atom. The van der Waals surface area contributed by atoms with E-state index in [1.165, 1.54) is 16.8 Å². The van der Waals surface area contributed by atoms with Crippen molar-refractivity contribution in [2.75, 3.05) is 18.1 Å². The summed E-state index contributed by atoms with van der Waals surface area (Å²) >= 11 is 0. The zero-order valence-electron chi connectivity index (χ0n) is 18.9. The van der Waals surface area contributed by atoms with E-state index in [4.69, 9.17) is 4.74 Å². The highest BCUT2D eigenvalue weighted by molar-refractivity contribution is 5.95. The molecule has 32 heavy (non-hydrogen) atoms. The number of rotatable bonds is 4. The molecular formula is C23H28FN5O3. The number of hydrogen-bond acceptors (Lipinski definition) is 6. The third-order valence-electron chi connectivity index (χ3n) is 6.57. The molecule has 1 aliphatic carbocycles. The third-order valence-corrected chi connectivity index (χ3v) is 6.57. The fourth-order valence-electron chi connectivity index (χ4n) is 4.94. The van der Waals surface area contributed by atoms with Crippen molar-refractivity contribution in [3.05, 3.63) is 58.0 Å². The van der Waals surface area contributed by atoms with E-state index in [0.29, 0.717) is 29.5 Å². The zero-order valence-corrected chi connectivity index (χ0v) is 18.9. The van der Waals surface area contributed by atoms with Gasteiger partial charge in [-0.3, -0.25) is 4.79 Å². The predicted molar refractivity (Wildman–Crippen MR) is 118 cm³/mol. The van der Waals surface area contributed by atoms with Gasteiger partial charge in [-0.2, -0.15) is 5.10 Å². The van der Waals surface area contributed by atoms with Gasteiger partial charge in [0.2, 0.25) is 0 Å². The lowest BCUT2D eigenvalue weighted by atomic mass is 9.96. The van der Waals surface area contributed by atoms with Crippen molar-refractivity contribution in [3.8, 4) is 0 Å². The summed E-state index contributed by atoms with van der Waals surface area (Å²) in [6.07, 6.45) is 4.23. The maximum absolute atomic E-state index is 14.0. The van der Waals surface area contributed by atoms with Gasteiger partial charge in [-0.25, -0.2) is 18.7 Å². The number of aromatic nitrogens is 4. The molecule has 3 aromatic rings. The summed E-state index contributed by atoms with van der Waals surface area (Å²) in [5.41, 5.74) is 0.832. The summed E-state index contributed by atoms with van der Waals surface area (Å²) in [7, 11) is 0. The van der Waals surface area contributed by atoms with Crippen LogP contribution in [0.25, 0.3) is 5.65 Å². The van der Waals surface area contributed by atoms with Crippen LogP contribution in [-0.4, -0.2) is 38.7 Å². The molecule has 1 saturated carbocycles. The molecule has 1 aliphatic heterocycles. The largest absolute Gasteiger partial charge is 0.462 e. The first-order chi connectivity index (χ1) is 15.3. The average Bonchev–Trinajstić information content (AvgIpc) is 3.15. The Labute approximate surface area is 185 Å². The number of anilines is 1. The molecular weight excluding hydrogens is 413 g/mol. The van der Waals surface area contributed by atoms with E-state index in [9.17, 15) is 14.0 Å². The molecule has 3 aromatic heterocycles. The molecule has 170 valence electrons. The maximum atomic E-state index is 14.0. The number of ether oxygens (including phenoxy) is 1. The molecule has 9 heteroatoms. The molecule has 0 spiro atoms. The molecule has 0 amide bonds. The summed E-state index contributed by atoms with van der Waals surface area (Å²) in [5.74, 6) is 0.242. The SMILES string of the molecule is CC.CCOC(=O)c1cnn2ccc(N3CC4C(C3c3cc(F)c[nH]c3=O)C4(C)C)nc12. The first-order valence-electron chi connectivity index (χ1n) is 11.0. The van der Waals surface area contributed by atoms with Crippen molar-refractivity contribution in [3.63, 3.8) is 0 Å². The predicted octanol–water partition coefficient (Wildman–Crippen LogP) is 3.59. The van der Waals surface area contributed by atoms with E-state index in [1.54, 1.807) is 19.2 Å². The van der Waals surface area contributed by atoms with Crippen LogP contribution in [0.5, 0.6) is 0 Å². The number of carbonyl (C=O) groups is 1. The monoisotopic (exact) mass is 441 g/mol. The smallest absolute Gasteiger partial charge is 0.343 e. The number of aromatic amines is 1. The molecule has 3 unspecified atom stereocenters. The van der Waals surface area contributed by atoms with Crippen molar-refractivity contribution in [1.29, 1.82) is 0 Å². The van der Waals surface area contributed by atoms with Gasteiger partial charge >= 0.3 is 5.97 Å². The Balaban J connectivity index is 0.00000119. The highest BCUT2D eigenvalue weighted by atomic mass is 19.1. The second-order valence-electron chi connectivity index (χ2n) is 8.49. The highest BCUT2D eigenvalue weighted by Gasteiger charge is 2.67. The number of esters is 1. The van der Waals surface area contributed by atoms with E-state index >= 15 is 0 Å². The number of hydrogen-bond donors (Lipinski definition) is 1. The second kappa shape index (κ2) is 8.03. The van der Waals surface area contributed by atoms with Gasteiger partial charge in [0.15, 0.2) is 5.65 Å². The molecule has 3 atom stereocenters. The number of H-pyrrole nitrogens is 1. The van der Waals surface area contributed by atoms with E-state index in [-0.39, 0.29) is 35.1 Å². The van der Waals surface area contributed by atoms with Crippen molar-refractivity contribution in [1.82, 2.24) is 19.6 Å². The van der Waals surface area contributed by atoms with Crippen LogP contribution in [0.1, 0.15) is 56.6 Å². The number of piperidine rings is 1. The normalized spacial score (nSPS) is 22.8. The lowest BCUT2D eigenvalue weighted by Gasteiger charge is -2.31. The van der Waals surface area contributed by atoms with Gasteiger partial charge < -0.3 is 14.6 Å². The molecule has 5 rings (SSSR count). The Morgan fingerprint density at radius 2 is 2.12 bits per heavy atom. The number of carbonyl (C=O) groups excluding carboxylic acids is 1. The van der Waals surface area contributed by atoms with Crippen LogP contribution in [0.2, 0.25) is 0 Å². The van der Waals surface area contributed by atoms with Crippen LogP contribution < -0.4 is 10.5 Å². The Kier molecular flexibility index (Phi) is 5.52. The lowest BCUT2D eigenvalue weighted by Crippen LogP contribution is -2.34. The van der Waals surface area contributed by atoms with Crippen LogP contribution in [-0.2, 0) is 4.74 Å². The minimum absolute atomic E-state index is 0.0662. The summed E-state index contributed by atoms with van der Waals surface area (Å²) in [6, 6.07) is 2.82. The minimum Gasteiger partial charge on any atom is -0.462 e. The van der Waals surface area contributed by atoms with Crippen molar-refractivity contribution in [2.45, 2.75) is 40.7 Å². The first kappa shape index (κ1) is 22.0. The van der Waals surface area contributed by atoms with Crippen molar-refractivity contribution in [2.24, 2.45) is 17.3 Å². The minimum atomic E-state index is -0.485. The number of halogens is 1. The fraction of sp³-hybridized carbons (Fsp3) is 0.478. The first-order valence-corrected chi connectivity index (χ1v) is 11.0. The Bertz CT molecular complexity index is 1220. The maximum Gasteiger partial charge on any atom is 0.343 e. The molecule has 0 aromatic carbocycles. The lowest BCUT2D eigenvalue weighted by molar-refractivity contribution is 0.0528. The number of fused-ring (bicyclic) bond motifs is 2. The number of nitrogens with zero attached hydrogens (tertiary/aromatic N) is 4. The summed E-state index contributed by atoms with van der Waals surface area (Å²) in [6.45, 7) is 11.0. The van der Waals surface area contributed by atoms with Crippen LogP contribution in [0.4, 0.5) is 10.2 Å². The van der Waals surface area contributed by atoms with Gasteiger partial charge in [0, 0.05) is 24.5 Å². The Hall–Kier alpha value is -3.23. The molecule has 0 radical (unpaired) electrons. The third kappa shape index (κ3) is 3.36. The molecule has 4 heterocycles. The zero-order chi connectivity index (χ0) is 23.2. The molecule has 1 saturated heterocycles. The van der Waals surface area contributed by atoms with Gasteiger partial charge in [-0.1, -0.05) is 27.7 Å². The van der Waals surface area contributed by atoms with E-state index in [1.807, 2.05) is 18.7 Å². The average molecular weight is 442 g/mol. The van der Waals surface area contributed by atoms with Crippen molar-refractivity contribution >= 4 is 17.4 Å². The molecule has 2 fully saturated rings. The van der Waals surface area contributed by atoms with Crippen LogP contribution >= 0.6 is 0 Å². The molecule has 0 bridgehead atoms. The van der Waals surface area contributed by atoms with Crippen LogP contribution in [0.15, 0.2) is 35.5 Å². The van der Waals surface area contributed by atoms with Gasteiger partial charge in [0.1, 0.15) is 17.2 Å². The number of nitrogens with one attached hydrogen (secondary N) is 1. The van der Waals surface area contributed by atoms with Crippen molar-refractivity contribution < 1.29 is 13.9 Å². The Morgan fingerprint density at radius 1 is 1.38 bits per heavy atom. The highest BCUT2D eigenvalue weighted by Crippen LogP contribution is 2.69. The quantitative estimate of drug-likeness (QED) is 0.622. The molecule has 1 N–H and O–H groups in total. The van der Waals surface area contributed by atoms with Gasteiger partial charge in [-0.05, 0) is 36.3 Å². The second-order valence-corrected chi connectivity index (χ2v) is 8.49. The fourth-order valence-corrected chi connectivity index (χ4v) is 4.94. The van der Waals surface area contributed by atoms with Gasteiger partial charge in [0.25, 0.3) is 5.56 Å².